The Labute approximate surface area is 112 Å². The van der Waals surface area contributed by atoms with E-state index < -0.39 is 23.9 Å². The van der Waals surface area contributed by atoms with Crippen LogP contribution in [0.4, 0.5) is 0 Å². The molecule has 3 heterocycles. The topological polar surface area (TPSA) is 66.8 Å². The number of aliphatic carboxylic acids is 1. The normalized spacial score (nSPS) is 40.7. The van der Waals surface area contributed by atoms with Crippen molar-refractivity contribution in [2.24, 2.45) is 17.8 Å². The van der Waals surface area contributed by atoms with Crippen LogP contribution in [0.15, 0.2) is 12.2 Å². The number of carbonyl (C=O) groups is 2. The molecule has 104 valence electrons. The maximum atomic E-state index is 12.6. The summed E-state index contributed by atoms with van der Waals surface area (Å²) >= 11 is 0. The van der Waals surface area contributed by atoms with Crippen molar-refractivity contribution in [3.05, 3.63) is 12.2 Å². The van der Waals surface area contributed by atoms with Crippen LogP contribution >= 0.6 is 0 Å². The number of piperidine rings is 1. The van der Waals surface area contributed by atoms with Crippen molar-refractivity contribution >= 4 is 11.9 Å². The standard InChI is InChI=1S/C14H19NO4/c1-8-3-2-6-15(7-8)13(16)11-9-4-5-10(19-9)12(11)14(17)18/h4-5,8-12H,2-3,6-7H2,1H3,(H,17,18)/t8-,9-,10+,11+,12-/m0/s1. The van der Waals surface area contributed by atoms with Gasteiger partial charge in [-0.25, -0.2) is 0 Å². The predicted molar refractivity (Wildman–Crippen MR) is 67.4 cm³/mol. The number of likely N-dealkylation sites (tertiary alicyclic amines) is 1. The number of nitrogens with zero attached hydrogens (tertiary/aromatic N) is 1. The minimum atomic E-state index is -0.930. The zero-order chi connectivity index (χ0) is 13.6. The van der Waals surface area contributed by atoms with Crippen LogP contribution in [0.3, 0.4) is 0 Å². The Morgan fingerprint density at radius 1 is 1.26 bits per heavy atom. The fourth-order valence-corrected chi connectivity index (χ4v) is 3.50. The van der Waals surface area contributed by atoms with E-state index in [0.717, 1.165) is 25.9 Å². The number of carboxylic acid groups (broad SMARTS) is 1. The van der Waals surface area contributed by atoms with Gasteiger partial charge in [0, 0.05) is 13.1 Å². The highest BCUT2D eigenvalue weighted by atomic mass is 16.5. The van der Waals surface area contributed by atoms with Crippen LogP contribution in [0.5, 0.6) is 0 Å². The summed E-state index contributed by atoms with van der Waals surface area (Å²) in [4.78, 5) is 25.8. The van der Waals surface area contributed by atoms with Gasteiger partial charge >= 0.3 is 5.97 Å². The van der Waals surface area contributed by atoms with Crippen molar-refractivity contribution in [1.29, 1.82) is 0 Å². The number of hydrogen-bond donors (Lipinski definition) is 1. The molecule has 2 saturated heterocycles. The average molecular weight is 265 g/mol. The maximum absolute atomic E-state index is 12.6. The van der Waals surface area contributed by atoms with Gasteiger partial charge in [-0.05, 0) is 18.8 Å². The van der Waals surface area contributed by atoms with Crippen LogP contribution in [-0.2, 0) is 14.3 Å². The molecule has 0 aromatic carbocycles. The molecule has 1 amide bonds. The van der Waals surface area contributed by atoms with E-state index in [9.17, 15) is 14.7 Å². The van der Waals surface area contributed by atoms with Gasteiger partial charge in [0.15, 0.2) is 0 Å². The van der Waals surface area contributed by atoms with E-state index in [1.807, 2.05) is 11.0 Å². The predicted octanol–water partition coefficient (Wildman–Crippen LogP) is 0.899. The van der Waals surface area contributed by atoms with E-state index in [-0.39, 0.29) is 12.0 Å². The molecule has 3 aliphatic heterocycles. The molecule has 0 aliphatic carbocycles. The molecular formula is C14H19NO4. The first-order valence-electron chi connectivity index (χ1n) is 6.93. The molecule has 5 atom stereocenters. The Bertz CT molecular complexity index is 433. The molecular weight excluding hydrogens is 246 g/mol. The summed E-state index contributed by atoms with van der Waals surface area (Å²) in [5.41, 5.74) is 0. The molecule has 19 heavy (non-hydrogen) atoms. The Kier molecular flexibility index (Phi) is 3.09. The first-order valence-corrected chi connectivity index (χ1v) is 6.93. The van der Waals surface area contributed by atoms with Crippen LogP contribution in [0.1, 0.15) is 19.8 Å². The van der Waals surface area contributed by atoms with Crippen LogP contribution in [0.25, 0.3) is 0 Å². The third kappa shape index (κ3) is 2.06. The van der Waals surface area contributed by atoms with E-state index in [1.165, 1.54) is 0 Å². The summed E-state index contributed by atoms with van der Waals surface area (Å²) in [5, 5.41) is 9.32. The molecule has 0 spiro atoms. The zero-order valence-corrected chi connectivity index (χ0v) is 11.0. The lowest BCUT2D eigenvalue weighted by atomic mass is 9.81. The zero-order valence-electron chi connectivity index (χ0n) is 11.0. The van der Waals surface area contributed by atoms with Crippen molar-refractivity contribution in [1.82, 2.24) is 4.90 Å². The SMILES string of the molecule is C[C@H]1CCCN(C(=O)[C@H]2[C@@H](C(=O)O)[C@H]3C=C[C@@H]2O3)C1. The summed E-state index contributed by atoms with van der Waals surface area (Å²) in [6.07, 6.45) is 4.96. The number of fused-ring (bicyclic) bond motifs is 2. The first-order chi connectivity index (χ1) is 9.08. The minimum Gasteiger partial charge on any atom is -0.481 e. The summed E-state index contributed by atoms with van der Waals surface area (Å²) < 4.78 is 5.56. The van der Waals surface area contributed by atoms with Crippen LogP contribution in [-0.4, -0.2) is 47.2 Å². The quantitative estimate of drug-likeness (QED) is 0.753. The average Bonchev–Trinajstić information content (AvgIpc) is 2.97. The van der Waals surface area contributed by atoms with E-state index in [2.05, 4.69) is 6.92 Å². The molecule has 3 aliphatic rings. The van der Waals surface area contributed by atoms with Crippen molar-refractivity contribution < 1.29 is 19.4 Å². The van der Waals surface area contributed by atoms with Gasteiger partial charge in [-0.1, -0.05) is 19.1 Å². The molecule has 2 bridgehead atoms. The second kappa shape index (κ2) is 4.63. The molecule has 0 aromatic heterocycles. The minimum absolute atomic E-state index is 0.0456. The Hall–Kier alpha value is -1.36. The highest BCUT2D eigenvalue weighted by Crippen LogP contribution is 2.40. The monoisotopic (exact) mass is 265 g/mol. The molecule has 1 N–H and O–H groups in total. The summed E-state index contributed by atoms with van der Waals surface area (Å²) in [5.74, 6) is -1.75. The second-order valence-electron chi connectivity index (χ2n) is 5.87. The molecule has 5 heteroatoms. The molecule has 0 aromatic rings. The summed E-state index contributed by atoms with van der Waals surface area (Å²) in [6.45, 7) is 3.61. The van der Waals surface area contributed by atoms with Gasteiger partial charge in [-0.3, -0.25) is 9.59 Å². The Morgan fingerprint density at radius 3 is 2.58 bits per heavy atom. The first kappa shape index (κ1) is 12.7. The third-order valence-corrected chi connectivity index (χ3v) is 4.44. The Morgan fingerprint density at radius 2 is 1.95 bits per heavy atom. The lowest BCUT2D eigenvalue weighted by Crippen LogP contribution is -2.48. The van der Waals surface area contributed by atoms with Gasteiger partial charge in [0.1, 0.15) is 5.92 Å². The van der Waals surface area contributed by atoms with Crippen molar-refractivity contribution in [3.63, 3.8) is 0 Å². The van der Waals surface area contributed by atoms with E-state index >= 15 is 0 Å². The molecule has 0 radical (unpaired) electrons. The highest BCUT2D eigenvalue weighted by Gasteiger charge is 2.54. The molecule has 0 unspecified atom stereocenters. The van der Waals surface area contributed by atoms with Crippen molar-refractivity contribution in [3.8, 4) is 0 Å². The number of ether oxygens (including phenoxy) is 1. The third-order valence-electron chi connectivity index (χ3n) is 4.44. The molecule has 5 nitrogen and oxygen atoms in total. The fraction of sp³-hybridized carbons (Fsp3) is 0.714. The second-order valence-corrected chi connectivity index (χ2v) is 5.87. The Balaban J connectivity index is 1.78. The van der Waals surface area contributed by atoms with Gasteiger partial charge in [0.05, 0.1) is 18.1 Å². The maximum Gasteiger partial charge on any atom is 0.310 e. The van der Waals surface area contributed by atoms with Crippen molar-refractivity contribution in [2.45, 2.75) is 32.0 Å². The van der Waals surface area contributed by atoms with Crippen LogP contribution in [0.2, 0.25) is 0 Å². The number of amides is 1. The lowest BCUT2D eigenvalue weighted by Gasteiger charge is -2.34. The highest BCUT2D eigenvalue weighted by molar-refractivity contribution is 5.87. The molecule has 2 fully saturated rings. The van der Waals surface area contributed by atoms with Gasteiger partial charge in [0.25, 0.3) is 0 Å². The number of carbonyl (C=O) groups excluding carboxylic acids is 1. The lowest BCUT2D eigenvalue weighted by molar-refractivity contribution is -0.150. The number of rotatable bonds is 2. The van der Waals surface area contributed by atoms with E-state index in [4.69, 9.17) is 4.74 Å². The van der Waals surface area contributed by atoms with Crippen molar-refractivity contribution in [2.75, 3.05) is 13.1 Å². The van der Waals surface area contributed by atoms with Gasteiger partial charge in [0.2, 0.25) is 5.91 Å². The molecule has 0 saturated carbocycles. The fourth-order valence-electron chi connectivity index (χ4n) is 3.50. The number of carboxylic acids is 1. The van der Waals surface area contributed by atoms with Gasteiger partial charge < -0.3 is 14.7 Å². The van der Waals surface area contributed by atoms with Crippen LogP contribution in [0, 0.1) is 17.8 Å². The smallest absolute Gasteiger partial charge is 0.310 e. The van der Waals surface area contributed by atoms with Crippen LogP contribution < -0.4 is 0 Å². The summed E-state index contributed by atoms with van der Waals surface area (Å²) in [6, 6.07) is 0. The summed E-state index contributed by atoms with van der Waals surface area (Å²) in [7, 11) is 0. The largest absolute Gasteiger partial charge is 0.481 e. The number of hydrogen-bond acceptors (Lipinski definition) is 3. The van der Waals surface area contributed by atoms with Gasteiger partial charge in [-0.2, -0.15) is 0 Å². The van der Waals surface area contributed by atoms with E-state index in [0.29, 0.717) is 5.92 Å². The molecule has 3 rings (SSSR count). The van der Waals surface area contributed by atoms with Gasteiger partial charge in [-0.15, -0.1) is 0 Å². The van der Waals surface area contributed by atoms with E-state index in [1.54, 1.807) is 6.08 Å².